The summed E-state index contributed by atoms with van der Waals surface area (Å²) in [5.74, 6) is 0.425. The molecule has 1 N–H and O–H groups in total. The van der Waals surface area contributed by atoms with E-state index in [0.29, 0.717) is 17.2 Å². The first-order valence-corrected chi connectivity index (χ1v) is 10.4. The third kappa shape index (κ3) is 3.95. The molecule has 30 heavy (non-hydrogen) atoms. The summed E-state index contributed by atoms with van der Waals surface area (Å²) in [6.45, 7) is 5.41. The van der Waals surface area contributed by atoms with E-state index < -0.39 is 17.7 Å². The Labute approximate surface area is 178 Å². The van der Waals surface area contributed by atoms with E-state index in [1.807, 2.05) is 42.5 Å². The molecule has 0 saturated carbocycles. The molecule has 2 amide bonds. The zero-order chi connectivity index (χ0) is 21.5. The van der Waals surface area contributed by atoms with Gasteiger partial charge in [-0.05, 0) is 50.6 Å². The van der Waals surface area contributed by atoms with Gasteiger partial charge in [-0.15, -0.1) is 0 Å². The van der Waals surface area contributed by atoms with Gasteiger partial charge in [0.15, 0.2) is 5.13 Å². The summed E-state index contributed by atoms with van der Waals surface area (Å²) >= 11 is 1.36. The van der Waals surface area contributed by atoms with Crippen LogP contribution >= 0.6 is 11.3 Å². The second-order valence-corrected chi connectivity index (χ2v) is 9.07. The van der Waals surface area contributed by atoms with Crippen LogP contribution in [0.4, 0.5) is 15.6 Å². The zero-order valence-electron chi connectivity index (χ0n) is 17.3. The van der Waals surface area contributed by atoms with Gasteiger partial charge in [-0.2, -0.15) is 0 Å². The number of ether oxygens (including phenoxy) is 2. The molecule has 0 radical (unpaired) electrons. The van der Waals surface area contributed by atoms with E-state index in [9.17, 15) is 9.59 Å². The topological polar surface area (TPSA) is 80.8 Å². The monoisotopic (exact) mass is 425 g/mol. The van der Waals surface area contributed by atoms with Crippen LogP contribution in [0.2, 0.25) is 0 Å². The molecule has 2 heterocycles. The highest BCUT2D eigenvalue weighted by molar-refractivity contribution is 7.22. The fraction of sp³-hybridized carbons (Fsp3) is 0.318. The molecule has 1 atom stereocenters. The Morgan fingerprint density at radius 3 is 2.70 bits per heavy atom. The molecule has 1 aliphatic heterocycles. The van der Waals surface area contributed by atoms with Crippen LogP contribution in [0.25, 0.3) is 10.2 Å². The molecule has 0 aliphatic carbocycles. The molecule has 0 fully saturated rings. The van der Waals surface area contributed by atoms with Crippen LogP contribution in [0, 0.1) is 0 Å². The average Bonchev–Trinajstić information content (AvgIpc) is 3.26. The van der Waals surface area contributed by atoms with Crippen molar-refractivity contribution in [3.63, 3.8) is 0 Å². The third-order valence-electron chi connectivity index (χ3n) is 4.69. The number of amides is 2. The molecule has 0 saturated heterocycles. The summed E-state index contributed by atoms with van der Waals surface area (Å²) < 4.78 is 11.7. The van der Waals surface area contributed by atoms with Gasteiger partial charge in [0.1, 0.15) is 17.4 Å². The minimum Gasteiger partial charge on any atom is -0.497 e. The number of fused-ring (bicyclic) bond motifs is 2. The van der Waals surface area contributed by atoms with Crippen molar-refractivity contribution in [1.29, 1.82) is 0 Å². The SMILES string of the molecule is COc1ccc2nc(NC(=O)C3Cc4ccccc4N3C(=O)OC(C)(C)C)sc2c1. The van der Waals surface area contributed by atoms with Crippen molar-refractivity contribution >= 4 is 44.4 Å². The number of hydrogen-bond donors (Lipinski definition) is 1. The number of nitrogens with one attached hydrogen (secondary N) is 1. The van der Waals surface area contributed by atoms with Gasteiger partial charge in [-0.1, -0.05) is 29.5 Å². The van der Waals surface area contributed by atoms with Crippen molar-refractivity contribution in [3.8, 4) is 5.75 Å². The van der Waals surface area contributed by atoms with Crippen molar-refractivity contribution in [2.75, 3.05) is 17.3 Å². The van der Waals surface area contributed by atoms with Crippen LogP contribution in [-0.2, 0) is 16.0 Å². The summed E-state index contributed by atoms with van der Waals surface area (Å²) in [6, 6.07) is 12.3. The number of para-hydroxylation sites is 1. The van der Waals surface area contributed by atoms with E-state index in [0.717, 1.165) is 21.5 Å². The van der Waals surface area contributed by atoms with Crippen molar-refractivity contribution in [2.45, 2.75) is 38.8 Å². The van der Waals surface area contributed by atoms with Crippen LogP contribution in [-0.4, -0.2) is 35.7 Å². The van der Waals surface area contributed by atoms with Gasteiger partial charge in [0.2, 0.25) is 5.91 Å². The molecule has 8 heteroatoms. The summed E-state index contributed by atoms with van der Waals surface area (Å²) in [5.41, 5.74) is 1.73. The number of rotatable bonds is 3. The Balaban J connectivity index is 1.60. The minimum atomic E-state index is -0.709. The normalized spacial score (nSPS) is 15.7. The molecule has 1 unspecified atom stereocenters. The van der Waals surface area contributed by atoms with Crippen LogP contribution in [0.1, 0.15) is 26.3 Å². The van der Waals surface area contributed by atoms with E-state index in [1.54, 1.807) is 27.9 Å². The molecule has 2 aromatic carbocycles. The van der Waals surface area contributed by atoms with E-state index in [2.05, 4.69) is 10.3 Å². The molecule has 7 nitrogen and oxygen atoms in total. The van der Waals surface area contributed by atoms with Crippen molar-refractivity contribution < 1.29 is 19.1 Å². The zero-order valence-corrected chi connectivity index (χ0v) is 18.1. The van der Waals surface area contributed by atoms with Gasteiger partial charge in [0, 0.05) is 6.42 Å². The Hall–Kier alpha value is -3.13. The number of carbonyl (C=O) groups is 2. The first kappa shape index (κ1) is 20.2. The average molecular weight is 426 g/mol. The lowest BCUT2D eigenvalue weighted by molar-refractivity contribution is -0.117. The van der Waals surface area contributed by atoms with Gasteiger partial charge in [-0.25, -0.2) is 9.78 Å². The summed E-state index contributed by atoms with van der Waals surface area (Å²) in [5, 5.41) is 3.35. The maximum Gasteiger partial charge on any atom is 0.415 e. The predicted octanol–water partition coefficient (Wildman–Crippen LogP) is 4.61. The quantitative estimate of drug-likeness (QED) is 0.663. The number of methoxy groups -OCH3 is 1. The highest BCUT2D eigenvalue weighted by atomic mass is 32.1. The largest absolute Gasteiger partial charge is 0.497 e. The first-order valence-electron chi connectivity index (χ1n) is 9.61. The Bertz CT molecular complexity index is 1120. The maximum absolute atomic E-state index is 13.1. The number of thiazole rings is 1. The van der Waals surface area contributed by atoms with E-state index in [4.69, 9.17) is 9.47 Å². The number of aromatic nitrogens is 1. The smallest absolute Gasteiger partial charge is 0.415 e. The molecule has 3 aromatic rings. The second kappa shape index (κ2) is 7.60. The van der Waals surface area contributed by atoms with Crippen LogP contribution in [0.3, 0.4) is 0 Å². The van der Waals surface area contributed by atoms with Gasteiger partial charge in [0.25, 0.3) is 0 Å². The van der Waals surface area contributed by atoms with Crippen LogP contribution in [0.15, 0.2) is 42.5 Å². The fourth-order valence-electron chi connectivity index (χ4n) is 3.41. The number of hydrogen-bond acceptors (Lipinski definition) is 6. The summed E-state index contributed by atoms with van der Waals surface area (Å²) in [7, 11) is 1.61. The third-order valence-corrected chi connectivity index (χ3v) is 5.63. The van der Waals surface area contributed by atoms with E-state index in [1.165, 1.54) is 16.2 Å². The van der Waals surface area contributed by atoms with Crippen LogP contribution in [0.5, 0.6) is 5.75 Å². The maximum atomic E-state index is 13.1. The summed E-state index contributed by atoms with van der Waals surface area (Å²) in [4.78, 5) is 32.0. The summed E-state index contributed by atoms with van der Waals surface area (Å²) in [6.07, 6.45) is -0.124. The second-order valence-electron chi connectivity index (χ2n) is 8.04. The van der Waals surface area contributed by atoms with E-state index in [-0.39, 0.29) is 5.91 Å². The fourth-order valence-corrected chi connectivity index (χ4v) is 4.30. The molecule has 4 rings (SSSR count). The highest BCUT2D eigenvalue weighted by Gasteiger charge is 2.40. The Morgan fingerprint density at radius 2 is 1.97 bits per heavy atom. The number of carbonyl (C=O) groups excluding carboxylic acids is 2. The molecule has 1 aliphatic rings. The number of benzene rings is 2. The molecule has 0 spiro atoms. The highest BCUT2D eigenvalue weighted by Crippen LogP contribution is 2.35. The molecule has 156 valence electrons. The predicted molar refractivity (Wildman–Crippen MR) is 117 cm³/mol. The Kier molecular flexibility index (Phi) is 5.11. The first-order chi connectivity index (χ1) is 14.2. The number of anilines is 2. The Morgan fingerprint density at radius 1 is 1.20 bits per heavy atom. The van der Waals surface area contributed by atoms with Gasteiger partial charge < -0.3 is 14.8 Å². The van der Waals surface area contributed by atoms with Crippen molar-refractivity contribution in [3.05, 3.63) is 48.0 Å². The van der Waals surface area contributed by atoms with Gasteiger partial charge >= 0.3 is 6.09 Å². The van der Waals surface area contributed by atoms with Gasteiger partial charge in [0.05, 0.1) is 23.0 Å². The molecule has 0 bridgehead atoms. The van der Waals surface area contributed by atoms with Crippen molar-refractivity contribution in [1.82, 2.24) is 4.98 Å². The lowest BCUT2D eigenvalue weighted by Gasteiger charge is -2.28. The lowest BCUT2D eigenvalue weighted by Crippen LogP contribution is -2.47. The lowest BCUT2D eigenvalue weighted by atomic mass is 10.1. The van der Waals surface area contributed by atoms with Crippen LogP contribution < -0.4 is 15.0 Å². The molecular weight excluding hydrogens is 402 g/mol. The molecular formula is C22H23N3O4S. The minimum absolute atomic E-state index is 0.303. The van der Waals surface area contributed by atoms with Crippen molar-refractivity contribution in [2.24, 2.45) is 0 Å². The van der Waals surface area contributed by atoms with Gasteiger partial charge in [-0.3, -0.25) is 9.69 Å². The number of nitrogens with zero attached hydrogens (tertiary/aromatic N) is 2. The molecule has 1 aromatic heterocycles. The van der Waals surface area contributed by atoms with E-state index >= 15 is 0 Å². The standard InChI is InChI=1S/C22H23N3O4S/c1-22(2,3)29-21(27)25-16-8-6-5-7-13(16)11-17(25)19(26)24-20-23-15-10-9-14(28-4)12-18(15)30-20/h5-10,12,17H,11H2,1-4H3,(H,23,24,26).